The number of halogens is 2. The lowest BCUT2D eigenvalue weighted by molar-refractivity contribution is 0.0532. The standard InChI is InChI=1S/C19H18F2N2O2/c1-13-4-2-3-5-15(13)18(24)22-8-10-23(11-9-22)19(25)16-12-14(20)6-7-17(16)21/h2-7,12H,8-11H2,1H3. The van der Waals surface area contributed by atoms with Gasteiger partial charge in [0.1, 0.15) is 11.6 Å². The van der Waals surface area contributed by atoms with Crippen molar-refractivity contribution >= 4 is 11.8 Å². The molecule has 3 rings (SSSR count). The molecule has 0 spiro atoms. The van der Waals surface area contributed by atoms with Crippen molar-refractivity contribution in [3.05, 3.63) is 70.8 Å². The monoisotopic (exact) mass is 344 g/mol. The number of benzene rings is 2. The Kier molecular flexibility index (Phi) is 4.79. The van der Waals surface area contributed by atoms with Crippen molar-refractivity contribution in [3.63, 3.8) is 0 Å². The van der Waals surface area contributed by atoms with E-state index in [0.29, 0.717) is 18.7 Å². The summed E-state index contributed by atoms with van der Waals surface area (Å²) in [6.45, 7) is 3.16. The van der Waals surface area contributed by atoms with Crippen molar-refractivity contribution in [2.75, 3.05) is 26.2 Å². The van der Waals surface area contributed by atoms with Gasteiger partial charge in [-0.15, -0.1) is 0 Å². The normalized spacial score (nSPS) is 14.5. The molecule has 0 N–H and O–H groups in total. The first-order valence-electron chi connectivity index (χ1n) is 8.06. The molecular formula is C19H18F2N2O2. The molecule has 2 aromatic rings. The Balaban J connectivity index is 1.68. The maximum Gasteiger partial charge on any atom is 0.257 e. The molecule has 0 atom stereocenters. The van der Waals surface area contributed by atoms with Gasteiger partial charge in [-0.1, -0.05) is 18.2 Å². The fourth-order valence-corrected chi connectivity index (χ4v) is 2.93. The smallest absolute Gasteiger partial charge is 0.257 e. The first kappa shape index (κ1) is 17.1. The number of piperazine rings is 1. The fraction of sp³-hybridized carbons (Fsp3) is 0.263. The van der Waals surface area contributed by atoms with Crippen LogP contribution in [0.2, 0.25) is 0 Å². The van der Waals surface area contributed by atoms with E-state index < -0.39 is 17.5 Å². The summed E-state index contributed by atoms with van der Waals surface area (Å²) in [4.78, 5) is 28.1. The highest BCUT2D eigenvalue weighted by atomic mass is 19.1. The topological polar surface area (TPSA) is 40.6 Å². The lowest BCUT2D eigenvalue weighted by Gasteiger charge is -2.35. The first-order valence-corrected chi connectivity index (χ1v) is 8.06. The van der Waals surface area contributed by atoms with Crippen molar-refractivity contribution in [2.24, 2.45) is 0 Å². The number of amides is 2. The Labute approximate surface area is 144 Å². The van der Waals surface area contributed by atoms with Crippen LogP contribution in [0.4, 0.5) is 8.78 Å². The largest absolute Gasteiger partial charge is 0.335 e. The van der Waals surface area contributed by atoms with Crippen LogP contribution in [0.1, 0.15) is 26.3 Å². The van der Waals surface area contributed by atoms with Crippen molar-refractivity contribution in [1.82, 2.24) is 9.80 Å². The molecule has 1 aliphatic rings. The van der Waals surface area contributed by atoms with Crippen molar-refractivity contribution in [1.29, 1.82) is 0 Å². The zero-order chi connectivity index (χ0) is 18.0. The van der Waals surface area contributed by atoms with Crippen molar-refractivity contribution < 1.29 is 18.4 Å². The molecule has 0 saturated carbocycles. The fourth-order valence-electron chi connectivity index (χ4n) is 2.93. The van der Waals surface area contributed by atoms with Crippen LogP contribution >= 0.6 is 0 Å². The molecule has 0 radical (unpaired) electrons. The Morgan fingerprint density at radius 1 is 0.840 bits per heavy atom. The van der Waals surface area contributed by atoms with E-state index in [4.69, 9.17) is 0 Å². The summed E-state index contributed by atoms with van der Waals surface area (Å²) in [5.41, 5.74) is 1.25. The van der Waals surface area contributed by atoms with Crippen LogP contribution in [-0.4, -0.2) is 47.8 Å². The van der Waals surface area contributed by atoms with Gasteiger partial charge in [0.25, 0.3) is 11.8 Å². The van der Waals surface area contributed by atoms with Gasteiger partial charge >= 0.3 is 0 Å². The van der Waals surface area contributed by atoms with Gasteiger partial charge in [0, 0.05) is 31.7 Å². The Hall–Kier alpha value is -2.76. The van der Waals surface area contributed by atoms with E-state index >= 15 is 0 Å². The highest BCUT2D eigenvalue weighted by Crippen LogP contribution is 2.16. The molecule has 0 aromatic heterocycles. The number of carbonyl (C=O) groups excluding carboxylic acids is 2. The summed E-state index contributed by atoms with van der Waals surface area (Å²) < 4.78 is 27.0. The van der Waals surface area contributed by atoms with Gasteiger partial charge in [0.15, 0.2) is 0 Å². The third-order valence-corrected chi connectivity index (χ3v) is 4.39. The maximum atomic E-state index is 13.8. The van der Waals surface area contributed by atoms with Crippen LogP contribution < -0.4 is 0 Å². The molecule has 0 aliphatic carbocycles. The predicted octanol–water partition coefficient (Wildman–Crippen LogP) is 2.87. The number of hydrogen-bond acceptors (Lipinski definition) is 2. The van der Waals surface area contributed by atoms with Gasteiger partial charge < -0.3 is 9.80 Å². The molecule has 2 aromatic carbocycles. The third kappa shape index (κ3) is 3.52. The van der Waals surface area contributed by atoms with E-state index in [2.05, 4.69) is 0 Å². The molecule has 0 bridgehead atoms. The predicted molar refractivity (Wildman–Crippen MR) is 89.3 cm³/mol. The second-order valence-corrected chi connectivity index (χ2v) is 6.02. The van der Waals surface area contributed by atoms with Crippen LogP contribution in [-0.2, 0) is 0 Å². The minimum absolute atomic E-state index is 0.0814. The van der Waals surface area contributed by atoms with Crippen molar-refractivity contribution in [3.8, 4) is 0 Å². The summed E-state index contributed by atoms with van der Waals surface area (Å²) in [6, 6.07) is 10.2. The number of carbonyl (C=O) groups is 2. The van der Waals surface area contributed by atoms with Crippen LogP contribution in [0, 0.1) is 18.6 Å². The number of hydrogen-bond donors (Lipinski definition) is 0. The Bertz CT molecular complexity index is 815. The molecule has 2 amide bonds. The average molecular weight is 344 g/mol. The van der Waals surface area contributed by atoms with E-state index in [1.54, 1.807) is 11.0 Å². The SMILES string of the molecule is Cc1ccccc1C(=O)N1CCN(C(=O)c2cc(F)ccc2F)CC1. The lowest BCUT2D eigenvalue weighted by Crippen LogP contribution is -2.50. The van der Waals surface area contributed by atoms with E-state index in [0.717, 1.165) is 23.8 Å². The van der Waals surface area contributed by atoms with Crippen LogP contribution in [0.15, 0.2) is 42.5 Å². The zero-order valence-electron chi connectivity index (χ0n) is 13.8. The first-order chi connectivity index (χ1) is 12.0. The summed E-state index contributed by atoms with van der Waals surface area (Å²) >= 11 is 0. The molecule has 1 aliphatic heterocycles. The Morgan fingerprint density at radius 3 is 2.00 bits per heavy atom. The number of aryl methyl sites for hydroxylation is 1. The number of nitrogens with zero attached hydrogens (tertiary/aromatic N) is 2. The van der Waals surface area contributed by atoms with Gasteiger partial charge in [-0.2, -0.15) is 0 Å². The summed E-state index contributed by atoms with van der Waals surface area (Å²) in [7, 11) is 0. The molecular weight excluding hydrogens is 326 g/mol. The third-order valence-electron chi connectivity index (χ3n) is 4.39. The minimum Gasteiger partial charge on any atom is -0.335 e. The van der Waals surface area contributed by atoms with Gasteiger partial charge in [-0.25, -0.2) is 8.78 Å². The van der Waals surface area contributed by atoms with E-state index in [-0.39, 0.29) is 24.6 Å². The second-order valence-electron chi connectivity index (χ2n) is 6.02. The second kappa shape index (κ2) is 7.01. The van der Waals surface area contributed by atoms with Gasteiger partial charge in [0.2, 0.25) is 0 Å². The molecule has 25 heavy (non-hydrogen) atoms. The van der Waals surface area contributed by atoms with E-state index in [1.807, 2.05) is 25.1 Å². The van der Waals surface area contributed by atoms with Gasteiger partial charge in [-0.3, -0.25) is 9.59 Å². The van der Waals surface area contributed by atoms with Crippen LogP contribution in [0.3, 0.4) is 0 Å². The molecule has 1 heterocycles. The molecule has 130 valence electrons. The average Bonchev–Trinajstić information content (AvgIpc) is 2.63. The molecule has 0 unspecified atom stereocenters. The molecule has 1 saturated heterocycles. The van der Waals surface area contributed by atoms with Crippen molar-refractivity contribution in [2.45, 2.75) is 6.92 Å². The summed E-state index contributed by atoms with van der Waals surface area (Å²) in [5, 5.41) is 0. The maximum absolute atomic E-state index is 13.8. The quantitative estimate of drug-likeness (QED) is 0.841. The highest BCUT2D eigenvalue weighted by molar-refractivity contribution is 5.96. The minimum atomic E-state index is -0.746. The lowest BCUT2D eigenvalue weighted by atomic mass is 10.1. The Morgan fingerprint density at radius 2 is 1.40 bits per heavy atom. The van der Waals surface area contributed by atoms with Gasteiger partial charge in [0.05, 0.1) is 5.56 Å². The summed E-state index contributed by atoms with van der Waals surface area (Å²) in [6.07, 6.45) is 0. The van der Waals surface area contributed by atoms with Crippen LogP contribution in [0.5, 0.6) is 0 Å². The van der Waals surface area contributed by atoms with E-state index in [9.17, 15) is 18.4 Å². The summed E-state index contributed by atoms with van der Waals surface area (Å²) in [5.74, 6) is -2.04. The molecule has 4 nitrogen and oxygen atoms in total. The van der Waals surface area contributed by atoms with E-state index in [1.165, 1.54) is 4.90 Å². The zero-order valence-corrected chi connectivity index (χ0v) is 13.8. The van der Waals surface area contributed by atoms with Gasteiger partial charge in [-0.05, 0) is 36.8 Å². The molecule has 1 fully saturated rings. The van der Waals surface area contributed by atoms with Crippen LogP contribution in [0.25, 0.3) is 0 Å². The highest BCUT2D eigenvalue weighted by Gasteiger charge is 2.27. The number of rotatable bonds is 2. The molecule has 6 heteroatoms.